The van der Waals surface area contributed by atoms with Gasteiger partial charge in [-0.2, -0.15) is 9.13 Å². The maximum Gasteiger partial charge on any atom is 0.221 e. The summed E-state index contributed by atoms with van der Waals surface area (Å²) in [5, 5.41) is 2.76. The number of pyridine rings is 2. The number of aryl methyl sites for hydroxylation is 2. The molecule has 0 atom stereocenters. The molecule has 42 heavy (non-hydrogen) atoms. The van der Waals surface area contributed by atoms with Gasteiger partial charge in [-0.05, 0) is 65.6 Å². The number of aromatic nitrogens is 2. The molecule has 0 bridgehead atoms. The van der Waals surface area contributed by atoms with Crippen LogP contribution < -0.4 is 9.13 Å². The monoisotopic (exact) mass is 552 g/mol. The lowest BCUT2D eigenvalue weighted by Crippen LogP contribution is -2.72. The lowest BCUT2D eigenvalue weighted by atomic mass is 9.51. The molecule has 0 saturated heterocycles. The van der Waals surface area contributed by atoms with E-state index >= 15 is 0 Å². The van der Waals surface area contributed by atoms with Crippen molar-refractivity contribution in [2.45, 2.75) is 89.6 Å². The van der Waals surface area contributed by atoms with Crippen molar-refractivity contribution in [3.8, 4) is 22.5 Å². The first kappa shape index (κ1) is 27.1. The number of unbranched alkanes of at least 4 members (excludes halogenated alkanes) is 1. The second-order valence-electron chi connectivity index (χ2n) is 12.9. The zero-order valence-electron chi connectivity index (χ0n) is 25.6. The van der Waals surface area contributed by atoms with E-state index in [2.05, 4.69) is 133 Å². The molecule has 1 aliphatic carbocycles. The third-order valence-electron chi connectivity index (χ3n) is 10.3. The van der Waals surface area contributed by atoms with Crippen LogP contribution in [0.2, 0.25) is 0 Å². The normalized spacial score (nSPS) is 20.7. The molecular formula is C40H44N2+2. The standard InChI is InChI=1S/C40H44N2/c1-4-7-15-30-21-22-34-32(26-30)23-25-42(38(34)33-17-9-8-16-31(33)14-5-2)40(6-3)27-39(28-40)29-41-24-13-12-20-37(41)35-18-10-11-19-36(35)39/h8-13,16-26H,4-7,14-15,27-29H2,1-3H3/q+2. The van der Waals surface area contributed by atoms with Gasteiger partial charge in [-0.15, -0.1) is 0 Å². The van der Waals surface area contributed by atoms with Gasteiger partial charge in [0, 0.05) is 37.5 Å². The van der Waals surface area contributed by atoms with Crippen LogP contribution in [0.4, 0.5) is 0 Å². The maximum absolute atomic E-state index is 2.72. The third-order valence-corrected chi connectivity index (χ3v) is 10.3. The van der Waals surface area contributed by atoms with Crippen LogP contribution in [0.1, 0.15) is 76.0 Å². The summed E-state index contributed by atoms with van der Waals surface area (Å²) in [5.74, 6) is 0. The van der Waals surface area contributed by atoms with Crippen molar-refractivity contribution >= 4 is 10.8 Å². The molecule has 0 radical (unpaired) electrons. The highest BCUT2D eigenvalue weighted by Crippen LogP contribution is 2.57. The van der Waals surface area contributed by atoms with Gasteiger partial charge in [0.05, 0.1) is 21.9 Å². The Morgan fingerprint density at radius 2 is 1.50 bits per heavy atom. The minimum atomic E-state index is 0.0731. The molecule has 0 N–H and O–H groups in total. The van der Waals surface area contributed by atoms with Crippen molar-refractivity contribution in [1.29, 1.82) is 0 Å². The van der Waals surface area contributed by atoms with Crippen molar-refractivity contribution in [3.63, 3.8) is 0 Å². The first-order chi connectivity index (χ1) is 20.6. The predicted octanol–water partition coefficient (Wildman–Crippen LogP) is 8.89. The highest BCUT2D eigenvalue weighted by Gasteiger charge is 2.65. The molecule has 2 aromatic heterocycles. The van der Waals surface area contributed by atoms with Gasteiger partial charge in [0.25, 0.3) is 0 Å². The Hall–Kier alpha value is -3.78. The maximum atomic E-state index is 2.72. The lowest BCUT2D eigenvalue weighted by Gasteiger charge is -2.52. The number of benzene rings is 3. The van der Waals surface area contributed by atoms with Crippen molar-refractivity contribution in [2.24, 2.45) is 0 Å². The predicted molar refractivity (Wildman–Crippen MR) is 173 cm³/mol. The number of fused-ring (bicyclic) bond motifs is 5. The van der Waals surface area contributed by atoms with Gasteiger partial charge in [0.2, 0.25) is 11.4 Å². The Bertz CT molecular complexity index is 1760. The fourth-order valence-electron chi connectivity index (χ4n) is 8.31. The highest BCUT2D eigenvalue weighted by atomic mass is 15.1. The summed E-state index contributed by atoms with van der Waals surface area (Å²) in [4.78, 5) is 0. The summed E-state index contributed by atoms with van der Waals surface area (Å²) in [6.45, 7) is 8.05. The third kappa shape index (κ3) is 4.30. The molecule has 0 amide bonds. The van der Waals surface area contributed by atoms with Crippen LogP contribution in [0.5, 0.6) is 0 Å². The van der Waals surface area contributed by atoms with Crippen molar-refractivity contribution in [3.05, 3.63) is 120 Å². The molecule has 5 aromatic rings. The zero-order valence-corrected chi connectivity index (χ0v) is 25.6. The molecule has 1 aliphatic heterocycles. The molecule has 3 aromatic carbocycles. The van der Waals surface area contributed by atoms with Gasteiger partial charge in [0.15, 0.2) is 24.5 Å². The summed E-state index contributed by atoms with van der Waals surface area (Å²) >= 11 is 0. The van der Waals surface area contributed by atoms with Crippen molar-refractivity contribution in [1.82, 2.24) is 0 Å². The fraction of sp³-hybridized carbons (Fsp3) is 0.350. The van der Waals surface area contributed by atoms with E-state index in [1.54, 1.807) is 0 Å². The molecule has 2 aliphatic rings. The Morgan fingerprint density at radius 1 is 0.714 bits per heavy atom. The van der Waals surface area contributed by atoms with E-state index in [1.165, 1.54) is 62.8 Å². The second kappa shape index (κ2) is 10.8. The molecule has 0 unspecified atom stereocenters. The SMILES string of the molecule is CCCCc1ccc2c(-c3ccccc3CCC)[n+](C3(CC)CC4(C[n+]5ccccc5-c5ccccc54)C3)ccc2c1. The molecule has 2 nitrogen and oxygen atoms in total. The lowest BCUT2D eigenvalue weighted by molar-refractivity contribution is -0.782. The van der Waals surface area contributed by atoms with Gasteiger partial charge in [-0.3, -0.25) is 0 Å². The number of nitrogens with zero attached hydrogens (tertiary/aromatic N) is 2. The van der Waals surface area contributed by atoms with Gasteiger partial charge in [-0.25, -0.2) is 0 Å². The summed E-state index contributed by atoms with van der Waals surface area (Å²) in [6, 6.07) is 34.7. The van der Waals surface area contributed by atoms with E-state index in [0.717, 1.165) is 45.1 Å². The second-order valence-corrected chi connectivity index (χ2v) is 12.9. The average Bonchev–Trinajstić information content (AvgIpc) is 3.02. The number of hydrogen-bond acceptors (Lipinski definition) is 0. The molecule has 3 heterocycles. The van der Waals surface area contributed by atoms with Crippen LogP contribution >= 0.6 is 0 Å². The van der Waals surface area contributed by atoms with Crippen LogP contribution in [-0.4, -0.2) is 0 Å². The largest absolute Gasteiger partial charge is 0.221 e. The molecule has 1 saturated carbocycles. The molecule has 1 spiro atoms. The minimum Gasteiger partial charge on any atom is -0.197 e. The van der Waals surface area contributed by atoms with Gasteiger partial charge in [0.1, 0.15) is 0 Å². The minimum absolute atomic E-state index is 0.0731. The van der Waals surface area contributed by atoms with Gasteiger partial charge < -0.3 is 0 Å². The van der Waals surface area contributed by atoms with E-state index < -0.39 is 0 Å². The average molecular weight is 553 g/mol. The summed E-state index contributed by atoms with van der Waals surface area (Å²) in [7, 11) is 0. The van der Waals surface area contributed by atoms with E-state index in [1.807, 2.05) is 0 Å². The first-order valence-corrected chi connectivity index (χ1v) is 16.3. The van der Waals surface area contributed by atoms with Gasteiger partial charge >= 0.3 is 0 Å². The Labute approximate surface area is 251 Å². The van der Waals surface area contributed by atoms with Crippen LogP contribution in [0.25, 0.3) is 33.3 Å². The van der Waals surface area contributed by atoms with E-state index in [9.17, 15) is 0 Å². The molecular weight excluding hydrogens is 508 g/mol. The summed E-state index contributed by atoms with van der Waals surface area (Å²) < 4.78 is 5.22. The van der Waals surface area contributed by atoms with Crippen LogP contribution in [-0.2, 0) is 30.3 Å². The highest BCUT2D eigenvalue weighted by molar-refractivity contribution is 5.94. The molecule has 1 fully saturated rings. The first-order valence-electron chi connectivity index (χ1n) is 16.3. The zero-order chi connectivity index (χ0) is 28.7. The van der Waals surface area contributed by atoms with Crippen molar-refractivity contribution < 1.29 is 9.13 Å². The van der Waals surface area contributed by atoms with Crippen LogP contribution in [0.3, 0.4) is 0 Å². The Balaban J connectivity index is 1.39. The van der Waals surface area contributed by atoms with Crippen LogP contribution in [0, 0.1) is 0 Å². The van der Waals surface area contributed by atoms with E-state index in [4.69, 9.17) is 0 Å². The van der Waals surface area contributed by atoms with Crippen LogP contribution in [0.15, 0.2) is 103 Å². The number of hydrogen-bond donors (Lipinski definition) is 0. The molecule has 2 heteroatoms. The van der Waals surface area contributed by atoms with E-state index in [-0.39, 0.29) is 11.0 Å². The smallest absolute Gasteiger partial charge is 0.197 e. The van der Waals surface area contributed by atoms with Gasteiger partial charge in [-0.1, -0.05) is 82.1 Å². The fourth-order valence-corrected chi connectivity index (χ4v) is 8.31. The topological polar surface area (TPSA) is 7.76 Å². The number of rotatable bonds is 8. The Kier molecular flexibility index (Phi) is 6.97. The molecule has 212 valence electrons. The summed E-state index contributed by atoms with van der Waals surface area (Å²) in [5.41, 5.74) is 10.2. The quantitative estimate of drug-likeness (QED) is 0.170. The molecule has 7 rings (SSSR count). The summed E-state index contributed by atoms with van der Waals surface area (Å²) in [6.07, 6.45) is 14.0. The van der Waals surface area contributed by atoms with Crippen molar-refractivity contribution in [2.75, 3.05) is 0 Å². The Morgan fingerprint density at radius 3 is 2.31 bits per heavy atom. The van der Waals surface area contributed by atoms with E-state index in [0.29, 0.717) is 0 Å².